The Morgan fingerprint density at radius 3 is 2.95 bits per heavy atom. The van der Waals surface area contributed by atoms with Crippen LogP contribution in [0.5, 0.6) is 5.75 Å². The average molecular weight is 323 g/mol. The molecule has 0 aliphatic carbocycles. The summed E-state index contributed by atoms with van der Waals surface area (Å²) < 4.78 is 11.4. The molecule has 3 rings (SSSR count). The van der Waals surface area contributed by atoms with Crippen molar-refractivity contribution in [2.45, 2.75) is 24.9 Å². The van der Waals surface area contributed by atoms with E-state index < -0.39 is 6.10 Å². The Hall–Kier alpha value is -1.26. The van der Waals surface area contributed by atoms with Crippen molar-refractivity contribution in [3.05, 3.63) is 52.4 Å². The van der Waals surface area contributed by atoms with E-state index in [2.05, 4.69) is 22.0 Å². The van der Waals surface area contributed by atoms with E-state index in [0.29, 0.717) is 23.6 Å². The number of hydrogen-bond donors (Lipinski definition) is 1. The molecule has 100 valence electrons. The molecule has 19 heavy (non-hydrogen) atoms. The second-order valence-electron chi connectivity index (χ2n) is 4.77. The van der Waals surface area contributed by atoms with E-state index >= 15 is 0 Å². The molecule has 1 aromatic heterocycles. The van der Waals surface area contributed by atoms with Gasteiger partial charge < -0.3 is 14.3 Å². The maximum Gasteiger partial charge on any atom is 0.174 e. The van der Waals surface area contributed by atoms with Crippen LogP contribution in [0.1, 0.15) is 36.0 Å². The molecular formula is C15H15BrO3. The summed E-state index contributed by atoms with van der Waals surface area (Å²) in [7, 11) is 0. The van der Waals surface area contributed by atoms with Crippen LogP contribution >= 0.6 is 15.9 Å². The summed E-state index contributed by atoms with van der Waals surface area (Å²) in [5.74, 6) is 1.26. The fraction of sp³-hybridized carbons (Fsp3) is 0.333. The van der Waals surface area contributed by atoms with Crippen molar-refractivity contribution < 1.29 is 14.3 Å². The summed E-state index contributed by atoms with van der Waals surface area (Å²) >= 11 is 3.31. The molecule has 2 aromatic rings. The predicted molar refractivity (Wildman–Crippen MR) is 75.3 cm³/mol. The molecule has 0 bridgehead atoms. The Kier molecular flexibility index (Phi) is 3.62. The number of rotatable bonds is 3. The first kappa shape index (κ1) is 12.8. The van der Waals surface area contributed by atoms with Crippen LogP contribution in [0.25, 0.3) is 0 Å². The molecule has 0 saturated carbocycles. The number of halogens is 1. The minimum Gasteiger partial charge on any atom is -0.493 e. The van der Waals surface area contributed by atoms with E-state index in [1.165, 1.54) is 5.56 Å². The Morgan fingerprint density at radius 1 is 1.32 bits per heavy atom. The van der Waals surface area contributed by atoms with Gasteiger partial charge in [-0.3, -0.25) is 0 Å². The molecule has 2 heterocycles. The van der Waals surface area contributed by atoms with Gasteiger partial charge in [-0.1, -0.05) is 18.2 Å². The number of hydrogen-bond acceptors (Lipinski definition) is 3. The zero-order valence-corrected chi connectivity index (χ0v) is 12.0. The molecule has 4 heteroatoms. The molecule has 0 radical (unpaired) electrons. The lowest BCUT2D eigenvalue weighted by Gasteiger charge is -2.27. The van der Waals surface area contributed by atoms with Crippen LogP contribution in [-0.2, 0) is 0 Å². The molecule has 0 spiro atoms. The van der Waals surface area contributed by atoms with E-state index in [-0.39, 0.29) is 0 Å². The van der Waals surface area contributed by atoms with Crippen molar-refractivity contribution in [3.63, 3.8) is 0 Å². The Bertz CT molecular complexity index is 564. The highest BCUT2D eigenvalue weighted by Gasteiger charge is 2.25. The number of fused-ring (bicyclic) bond motifs is 1. The highest BCUT2D eigenvalue weighted by molar-refractivity contribution is 9.10. The summed E-state index contributed by atoms with van der Waals surface area (Å²) in [6.45, 7) is 0.709. The van der Waals surface area contributed by atoms with Crippen molar-refractivity contribution >= 4 is 15.9 Å². The minimum absolute atomic E-state index is 0.321. The number of para-hydroxylation sites is 1. The third kappa shape index (κ3) is 2.55. The van der Waals surface area contributed by atoms with Crippen molar-refractivity contribution in [2.75, 3.05) is 6.61 Å². The van der Waals surface area contributed by atoms with Crippen LogP contribution < -0.4 is 4.74 Å². The van der Waals surface area contributed by atoms with Crippen molar-refractivity contribution in [1.82, 2.24) is 0 Å². The van der Waals surface area contributed by atoms with Crippen LogP contribution in [-0.4, -0.2) is 11.7 Å². The molecule has 1 aromatic carbocycles. The van der Waals surface area contributed by atoms with E-state index in [1.54, 1.807) is 12.3 Å². The average Bonchev–Trinajstić information content (AvgIpc) is 2.85. The van der Waals surface area contributed by atoms with Gasteiger partial charge in [0.15, 0.2) is 4.67 Å². The topological polar surface area (TPSA) is 42.6 Å². The quantitative estimate of drug-likeness (QED) is 0.927. The van der Waals surface area contributed by atoms with Gasteiger partial charge in [-0.2, -0.15) is 0 Å². The summed E-state index contributed by atoms with van der Waals surface area (Å²) in [5.41, 5.74) is 2.00. The second-order valence-corrected chi connectivity index (χ2v) is 5.49. The van der Waals surface area contributed by atoms with Crippen LogP contribution in [0.4, 0.5) is 0 Å². The Labute approximate surface area is 120 Å². The first-order valence-electron chi connectivity index (χ1n) is 6.38. The molecule has 0 fully saturated rings. The van der Waals surface area contributed by atoms with E-state index in [9.17, 15) is 5.11 Å². The maximum atomic E-state index is 10.3. The van der Waals surface area contributed by atoms with Gasteiger partial charge in [-0.15, -0.1) is 0 Å². The Morgan fingerprint density at radius 2 is 2.16 bits per heavy atom. The summed E-state index contributed by atoms with van der Waals surface area (Å²) in [6, 6.07) is 9.86. The summed E-state index contributed by atoms with van der Waals surface area (Å²) in [5, 5.41) is 10.3. The highest BCUT2D eigenvalue weighted by Crippen LogP contribution is 2.39. The van der Waals surface area contributed by atoms with Crippen molar-refractivity contribution in [1.29, 1.82) is 0 Å². The minimum atomic E-state index is -0.524. The molecule has 2 atom stereocenters. The maximum absolute atomic E-state index is 10.3. The van der Waals surface area contributed by atoms with Crippen molar-refractivity contribution in [2.24, 2.45) is 0 Å². The molecule has 3 nitrogen and oxygen atoms in total. The molecule has 0 saturated heterocycles. The van der Waals surface area contributed by atoms with E-state index in [4.69, 9.17) is 9.15 Å². The van der Waals surface area contributed by atoms with Gasteiger partial charge in [0.1, 0.15) is 5.75 Å². The van der Waals surface area contributed by atoms with Gasteiger partial charge >= 0.3 is 0 Å². The van der Waals surface area contributed by atoms with Gasteiger partial charge in [0.2, 0.25) is 0 Å². The van der Waals surface area contributed by atoms with Gasteiger partial charge in [-0.05, 0) is 52.4 Å². The Balaban J connectivity index is 1.80. The highest BCUT2D eigenvalue weighted by atomic mass is 79.9. The SMILES string of the molecule is OC(CC1CCOc2ccccc21)c1ccoc1Br. The molecule has 0 amide bonds. The lowest BCUT2D eigenvalue weighted by molar-refractivity contribution is 0.143. The lowest BCUT2D eigenvalue weighted by atomic mass is 9.87. The monoisotopic (exact) mass is 322 g/mol. The van der Waals surface area contributed by atoms with Gasteiger partial charge in [-0.25, -0.2) is 0 Å². The lowest BCUT2D eigenvalue weighted by Crippen LogP contribution is -2.16. The van der Waals surface area contributed by atoms with E-state index in [1.807, 2.05) is 18.2 Å². The van der Waals surface area contributed by atoms with Crippen LogP contribution in [0.15, 0.2) is 45.7 Å². The largest absolute Gasteiger partial charge is 0.493 e. The third-order valence-corrected chi connectivity index (χ3v) is 4.24. The normalized spacial score (nSPS) is 19.6. The molecule has 2 unspecified atom stereocenters. The molecule has 1 N–H and O–H groups in total. The first-order chi connectivity index (χ1) is 9.25. The van der Waals surface area contributed by atoms with Gasteiger partial charge in [0.25, 0.3) is 0 Å². The standard InChI is InChI=1S/C15H15BrO3/c16-15-12(6-8-19-15)13(17)9-10-5-7-18-14-4-2-1-3-11(10)14/h1-4,6,8,10,13,17H,5,7,9H2. The zero-order valence-electron chi connectivity index (χ0n) is 10.4. The fourth-order valence-electron chi connectivity index (χ4n) is 2.60. The van der Waals surface area contributed by atoms with Gasteiger partial charge in [0.05, 0.1) is 19.0 Å². The molecule has 1 aliphatic rings. The zero-order chi connectivity index (χ0) is 13.2. The first-order valence-corrected chi connectivity index (χ1v) is 7.17. The van der Waals surface area contributed by atoms with Crippen LogP contribution in [0.3, 0.4) is 0 Å². The number of ether oxygens (including phenoxy) is 1. The fourth-order valence-corrected chi connectivity index (χ4v) is 3.10. The van der Waals surface area contributed by atoms with Gasteiger partial charge in [0, 0.05) is 5.56 Å². The van der Waals surface area contributed by atoms with Crippen LogP contribution in [0, 0.1) is 0 Å². The predicted octanol–water partition coefficient (Wildman–Crippen LogP) is 4.03. The number of benzene rings is 1. The number of furan rings is 1. The summed E-state index contributed by atoms with van der Waals surface area (Å²) in [6.07, 6.45) is 2.67. The number of aliphatic hydroxyl groups excluding tert-OH is 1. The summed E-state index contributed by atoms with van der Waals surface area (Å²) in [4.78, 5) is 0. The molecular weight excluding hydrogens is 308 g/mol. The third-order valence-electron chi connectivity index (χ3n) is 3.60. The van der Waals surface area contributed by atoms with Crippen molar-refractivity contribution in [3.8, 4) is 5.75 Å². The van der Waals surface area contributed by atoms with Crippen LogP contribution in [0.2, 0.25) is 0 Å². The smallest absolute Gasteiger partial charge is 0.174 e. The second kappa shape index (κ2) is 5.39. The van der Waals surface area contributed by atoms with E-state index in [0.717, 1.165) is 17.7 Å². The number of aliphatic hydroxyl groups is 1. The molecule has 1 aliphatic heterocycles.